The Bertz CT molecular complexity index is 664. The summed E-state index contributed by atoms with van der Waals surface area (Å²) in [7, 11) is 0. The largest absolute Gasteiger partial charge is 0.457 e. The fraction of sp³-hybridized carbons (Fsp3) is 0.619. The lowest BCUT2D eigenvalue weighted by molar-refractivity contribution is -0.150. The molecule has 0 saturated heterocycles. The van der Waals surface area contributed by atoms with Gasteiger partial charge in [-0.1, -0.05) is 37.6 Å². The molecule has 2 N–H and O–H groups in total. The van der Waals surface area contributed by atoms with Gasteiger partial charge in [-0.25, -0.2) is 0 Å². The Kier molecular flexibility index (Phi) is 6.25. The highest BCUT2D eigenvalue weighted by molar-refractivity contribution is 6.00. The number of aliphatic hydroxyl groups is 2. The highest BCUT2D eigenvalue weighted by Gasteiger charge is 2.61. The summed E-state index contributed by atoms with van der Waals surface area (Å²) in [6, 6.07) is 0. The predicted molar refractivity (Wildman–Crippen MR) is 99.2 cm³/mol. The first kappa shape index (κ1) is 20.6. The summed E-state index contributed by atoms with van der Waals surface area (Å²) in [6.45, 7) is 9.63. The second-order valence-corrected chi connectivity index (χ2v) is 8.17. The quantitative estimate of drug-likeness (QED) is 0.537. The van der Waals surface area contributed by atoms with Crippen LogP contribution in [0.3, 0.4) is 0 Å². The molecule has 0 bridgehead atoms. The number of hydrogen-bond acceptors (Lipinski definition) is 5. The van der Waals surface area contributed by atoms with Crippen molar-refractivity contribution < 1.29 is 24.5 Å². The number of allylic oxidation sites excluding steroid dienone is 4. The van der Waals surface area contributed by atoms with Gasteiger partial charge in [0.1, 0.15) is 6.10 Å². The van der Waals surface area contributed by atoms with Crippen LogP contribution in [0.15, 0.2) is 34.9 Å². The Morgan fingerprint density at radius 1 is 1.38 bits per heavy atom. The van der Waals surface area contributed by atoms with Crippen molar-refractivity contribution in [3.63, 3.8) is 0 Å². The zero-order chi connectivity index (χ0) is 19.6. The summed E-state index contributed by atoms with van der Waals surface area (Å²) in [6.07, 6.45) is 4.38. The number of rotatable bonds is 7. The first-order chi connectivity index (χ1) is 12.1. The molecule has 5 nitrogen and oxygen atoms in total. The number of aliphatic hydroxyl groups excluding tert-OH is 2. The normalized spacial score (nSPS) is 28.4. The van der Waals surface area contributed by atoms with Crippen molar-refractivity contribution in [1.29, 1.82) is 0 Å². The maximum atomic E-state index is 12.6. The van der Waals surface area contributed by atoms with E-state index in [0.29, 0.717) is 12.0 Å². The minimum absolute atomic E-state index is 0.0284. The fourth-order valence-corrected chi connectivity index (χ4v) is 3.68. The lowest BCUT2D eigenvalue weighted by atomic mass is 10.1. The maximum absolute atomic E-state index is 12.6. The van der Waals surface area contributed by atoms with Gasteiger partial charge in [-0.15, -0.1) is 0 Å². The molecule has 4 atom stereocenters. The Morgan fingerprint density at radius 2 is 2.04 bits per heavy atom. The molecule has 1 fully saturated rings. The molecule has 5 heteroatoms. The van der Waals surface area contributed by atoms with Crippen molar-refractivity contribution in [2.75, 3.05) is 6.61 Å². The first-order valence-corrected chi connectivity index (χ1v) is 9.13. The van der Waals surface area contributed by atoms with Gasteiger partial charge >= 0.3 is 5.97 Å². The van der Waals surface area contributed by atoms with Gasteiger partial charge in [0.2, 0.25) is 0 Å². The van der Waals surface area contributed by atoms with Crippen LogP contribution in [0.1, 0.15) is 47.5 Å². The summed E-state index contributed by atoms with van der Waals surface area (Å²) in [5.74, 6) is -0.241. The van der Waals surface area contributed by atoms with E-state index in [1.54, 1.807) is 6.08 Å². The van der Waals surface area contributed by atoms with Crippen LogP contribution < -0.4 is 0 Å². The van der Waals surface area contributed by atoms with Crippen molar-refractivity contribution in [2.45, 2.75) is 59.7 Å². The molecule has 0 aromatic carbocycles. The van der Waals surface area contributed by atoms with Crippen LogP contribution in [0.2, 0.25) is 0 Å². The topological polar surface area (TPSA) is 83.8 Å². The van der Waals surface area contributed by atoms with Crippen LogP contribution in [0.5, 0.6) is 0 Å². The number of carbonyl (C=O) groups excluding carboxylic acids is 2. The molecule has 0 spiro atoms. The fourth-order valence-electron chi connectivity index (χ4n) is 3.68. The van der Waals surface area contributed by atoms with Crippen molar-refractivity contribution in [2.24, 2.45) is 17.3 Å². The number of esters is 1. The zero-order valence-electron chi connectivity index (χ0n) is 16.3. The lowest BCUT2D eigenvalue weighted by Gasteiger charge is -2.13. The molecule has 2 rings (SSSR count). The molecule has 26 heavy (non-hydrogen) atoms. The number of ether oxygens (including phenoxy) is 1. The number of carbonyl (C=O) groups is 2. The second-order valence-electron chi connectivity index (χ2n) is 8.17. The molecule has 0 amide bonds. The molecule has 0 aromatic rings. The van der Waals surface area contributed by atoms with Crippen LogP contribution in [0.25, 0.3) is 0 Å². The van der Waals surface area contributed by atoms with E-state index in [9.17, 15) is 14.7 Å². The first-order valence-electron chi connectivity index (χ1n) is 9.13. The summed E-state index contributed by atoms with van der Waals surface area (Å²) in [5, 5.41) is 18.1. The minimum atomic E-state index is -0.926. The van der Waals surface area contributed by atoms with Crippen molar-refractivity contribution in [3.05, 3.63) is 34.9 Å². The number of Topliss-reactive ketones (excluding diaryl/α,β-unsaturated/α-hetero) is 1. The third-order valence-electron chi connectivity index (χ3n) is 5.47. The van der Waals surface area contributed by atoms with E-state index in [4.69, 9.17) is 9.84 Å². The van der Waals surface area contributed by atoms with Crippen LogP contribution in [0.4, 0.5) is 0 Å². The Morgan fingerprint density at radius 3 is 2.62 bits per heavy atom. The van der Waals surface area contributed by atoms with E-state index >= 15 is 0 Å². The van der Waals surface area contributed by atoms with E-state index in [2.05, 4.69) is 19.9 Å². The highest BCUT2D eigenvalue weighted by Crippen LogP contribution is 2.60. The molecule has 144 valence electrons. The average Bonchev–Trinajstić information content (AvgIpc) is 2.97. The van der Waals surface area contributed by atoms with Gasteiger partial charge in [-0.2, -0.15) is 0 Å². The SMILES string of the molecule is CC(C)=C[C@@H]1[C@@H](C(=O)O[C@H]2CC(=O)C(C/C=C/[C@H](O)CO)=C2C)C1(C)C. The standard InChI is InChI=1S/C21H30O5/c1-12(2)9-16-19(21(16,4)5)20(25)26-18-10-17(24)15(13(18)3)8-6-7-14(23)11-22/h6-7,9,14,16,18-19,22-23H,8,10-11H2,1-5H3/b7-6+/t14-,16+,18-,19-/m0/s1. The molecule has 0 aromatic heterocycles. The van der Waals surface area contributed by atoms with Gasteiger partial charge < -0.3 is 14.9 Å². The molecule has 0 heterocycles. The van der Waals surface area contributed by atoms with Gasteiger partial charge in [0.05, 0.1) is 25.0 Å². The molecule has 2 aliphatic rings. The van der Waals surface area contributed by atoms with Crippen molar-refractivity contribution in [1.82, 2.24) is 0 Å². The smallest absolute Gasteiger partial charge is 0.310 e. The third kappa shape index (κ3) is 4.33. The van der Waals surface area contributed by atoms with Gasteiger partial charge in [-0.3, -0.25) is 9.59 Å². The van der Waals surface area contributed by atoms with Gasteiger partial charge in [-0.05, 0) is 44.1 Å². The summed E-state index contributed by atoms with van der Waals surface area (Å²) < 4.78 is 5.68. The predicted octanol–water partition coefficient (Wildman–Crippen LogP) is 2.73. The molecule has 1 saturated carbocycles. The third-order valence-corrected chi connectivity index (χ3v) is 5.47. The Hall–Kier alpha value is -1.72. The molecule has 0 aliphatic heterocycles. The monoisotopic (exact) mass is 362 g/mol. The van der Waals surface area contributed by atoms with Crippen LogP contribution in [0, 0.1) is 17.3 Å². The molecular formula is C21H30O5. The van der Waals surface area contributed by atoms with Crippen molar-refractivity contribution in [3.8, 4) is 0 Å². The van der Waals surface area contributed by atoms with E-state index in [0.717, 1.165) is 5.57 Å². The molecule has 0 unspecified atom stereocenters. The van der Waals surface area contributed by atoms with Crippen LogP contribution in [-0.4, -0.2) is 40.8 Å². The number of ketones is 1. The minimum Gasteiger partial charge on any atom is -0.457 e. The molecular weight excluding hydrogens is 332 g/mol. The van der Waals surface area contributed by atoms with Crippen LogP contribution in [-0.2, 0) is 14.3 Å². The highest BCUT2D eigenvalue weighted by atomic mass is 16.5. The summed E-state index contributed by atoms with van der Waals surface area (Å²) >= 11 is 0. The van der Waals surface area contributed by atoms with E-state index in [1.165, 1.54) is 11.6 Å². The van der Waals surface area contributed by atoms with Gasteiger partial charge in [0.15, 0.2) is 5.78 Å². The summed E-state index contributed by atoms with van der Waals surface area (Å²) in [5.41, 5.74) is 2.48. The van der Waals surface area contributed by atoms with E-state index < -0.39 is 12.2 Å². The van der Waals surface area contributed by atoms with E-state index in [-0.39, 0.29) is 42.0 Å². The molecule has 2 aliphatic carbocycles. The van der Waals surface area contributed by atoms with Crippen molar-refractivity contribution >= 4 is 11.8 Å². The Balaban J connectivity index is 2.02. The molecule has 0 radical (unpaired) electrons. The zero-order valence-corrected chi connectivity index (χ0v) is 16.3. The lowest BCUT2D eigenvalue weighted by Crippen LogP contribution is -2.20. The Labute approximate surface area is 155 Å². The van der Waals surface area contributed by atoms with Gasteiger partial charge in [0, 0.05) is 5.57 Å². The van der Waals surface area contributed by atoms with E-state index in [1.807, 2.05) is 20.8 Å². The number of hydrogen-bond donors (Lipinski definition) is 2. The van der Waals surface area contributed by atoms with Gasteiger partial charge in [0.25, 0.3) is 0 Å². The maximum Gasteiger partial charge on any atom is 0.310 e. The summed E-state index contributed by atoms with van der Waals surface area (Å²) in [4.78, 5) is 24.8. The average molecular weight is 362 g/mol. The second kappa shape index (κ2) is 7.89. The van der Waals surface area contributed by atoms with Crippen LogP contribution >= 0.6 is 0 Å².